The van der Waals surface area contributed by atoms with Gasteiger partial charge in [-0.1, -0.05) is 206 Å². The van der Waals surface area contributed by atoms with Crippen LogP contribution in [0.15, 0.2) is 485 Å². The Morgan fingerprint density at radius 1 is 0.117 bits per heavy atom. The van der Waals surface area contributed by atoms with E-state index in [1.165, 1.54) is 32.7 Å². The number of fused-ring (bicyclic) bond motifs is 2. The molecule has 19 aromatic carbocycles. The zero-order valence-corrected chi connectivity index (χ0v) is 66.8. The van der Waals surface area contributed by atoms with Crippen LogP contribution in [-0.4, -0.2) is 0 Å². The third kappa shape index (κ3) is 15.4. The Bertz CT molecular complexity index is 6230. The molecular formula is C112H86N8. The molecule has 0 saturated carbocycles. The molecule has 0 aliphatic rings. The summed E-state index contributed by atoms with van der Waals surface area (Å²) in [5.74, 6) is 0. The average Bonchev–Trinajstić information content (AvgIpc) is 0.775. The van der Waals surface area contributed by atoms with Gasteiger partial charge in [-0.05, 0) is 315 Å². The molecule has 0 amide bonds. The summed E-state index contributed by atoms with van der Waals surface area (Å²) >= 11 is 0. The fraction of sp³-hybridized carbons (Fsp3) is 0.0179. The molecule has 0 unspecified atom stereocenters. The van der Waals surface area contributed by atoms with Crippen molar-refractivity contribution in [2.45, 2.75) is 13.8 Å². The van der Waals surface area contributed by atoms with E-state index in [0.717, 1.165) is 136 Å². The first-order chi connectivity index (χ1) is 59.3. The lowest BCUT2D eigenvalue weighted by atomic mass is 10.1. The van der Waals surface area contributed by atoms with Crippen molar-refractivity contribution in [3.63, 3.8) is 0 Å². The predicted molar refractivity (Wildman–Crippen MR) is 508 cm³/mol. The molecule has 8 heteroatoms. The summed E-state index contributed by atoms with van der Waals surface area (Å²) in [6.07, 6.45) is 0. The van der Waals surface area contributed by atoms with E-state index in [9.17, 15) is 0 Å². The van der Waals surface area contributed by atoms with Gasteiger partial charge < -0.3 is 39.2 Å². The Labute approximate surface area is 703 Å². The number of para-hydroxylation sites is 6. The molecular weight excluding hydrogens is 1460 g/mol. The third-order valence-corrected chi connectivity index (χ3v) is 22.2. The standard InChI is InChI=1S/C112H86N8/c1-83-29-25-47-107(81-83)119(111-51-27-33-85-31-21-23-49-109(85)111)105-77-73-103(74-78-105)117(91-43-17-7-18-44-91)101-69-65-99(66-70-101)115(89-39-13-5-14-40-89)97-61-57-95(58-62-97)113(87-35-9-3-10-36-87)93-53-55-94(56-54-93)114(88-37-11-4-12-38-88)96-59-63-98(64-60-96)116(90-41-15-6-16-42-90)100-67-71-102(72-68-100)118(92-45-19-8-20-46-92)104-75-79-106(80-76-104)120(108-48-26-30-84(2)82-108)112-52-28-34-86-32-22-24-50-110(86)112/h3-82H,1-2H3. The maximum absolute atomic E-state index is 2.37. The maximum atomic E-state index is 2.37. The van der Waals surface area contributed by atoms with E-state index in [1.807, 2.05) is 0 Å². The van der Waals surface area contributed by atoms with Gasteiger partial charge in [0.05, 0.1) is 11.4 Å². The molecule has 0 heterocycles. The second-order valence-electron chi connectivity index (χ2n) is 30.0. The molecule has 19 rings (SSSR count). The molecule has 0 spiro atoms. The molecule has 574 valence electrons. The van der Waals surface area contributed by atoms with Crippen LogP contribution in [0.2, 0.25) is 0 Å². The van der Waals surface area contributed by atoms with Crippen LogP contribution in [0, 0.1) is 13.8 Å². The number of aryl methyl sites for hydroxylation is 2. The zero-order valence-electron chi connectivity index (χ0n) is 66.8. The molecule has 0 N–H and O–H groups in total. The van der Waals surface area contributed by atoms with Gasteiger partial charge in [0.1, 0.15) is 0 Å². The Balaban J connectivity index is 0.603. The van der Waals surface area contributed by atoms with Crippen molar-refractivity contribution in [3.05, 3.63) is 496 Å². The van der Waals surface area contributed by atoms with Crippen LogP contribution >= 0.6 is 0 Å². The molecule has 120 heavy (non-hydrogen) atoms. The van der Waals surface area contributed by atoms with Gasteiger partial charge in [0.25, 0.3) is 0 Å². The van der Waals surface area contributed by atoms with Crippen LogP contribution in [0.5, 0.6) is 0 Å². The monoisotopic (exact) mass is 1540 g/mol. The van der Waals surface area contributed by atoms with Gasteiger partial charge in [-0.25, -0.2) is 0 Å². The summed E-state index contributed by atoms with van der Waals surface area (Å²) in [7, 11) is 0. The quantitative estimate of drug-likeness (QED) is 0.0591. The van der Waals surface area contributed by atoms with Gasteiger partial charge >= 0.3 is 0 Å². The molecule has 0 bridgehead atoms. The zero-order chi connectivity index (χ0) is 80.5. The molecule has 0 fully saturated rings. The van der Waals surface area contributed by atoms with Crippen molar-refractivity contribution in [1.29, 1.82) is 0 Å². The fourth-order valence-corrected chi connectivity index (χ4v) is 16.6. The molecule has 0 atom stereocenters. The maximum Gasteiger partial charge on any atom is 0.0540 e. The van der Waals surface area contributed by atoms with Crippen LogP contribution in [0.25, 0.3) is 21.5 Å². The lowest BCUT2D eigenvalue weighted by Gasteiger charge is -2.31. The third-order valence-electron chi connectivity index (χ3n) is 22.2. The van der Waals surface area contributed by atoms with Gasteiger partial charge in [-0.15, -0.1) is 0 Å². The minimum Gasteiger partial charge on any atom is -0.311 e. The first kappa shape index (κ1) is 74.2. The highest BCUT2D eigenvalue weighted by atomic mass is 15.2. The summed E-state index contributed by atoms with van der Waals surface area (Å²) in [4.78, 5) is 18.8. The second kappa shape index (κ2) is 33.9. The van der Waals surface area contributed by atoms with E-state index in [4.69, 9.17) is 0 Å². The molecule has 0 aliphatic carbocycles. The molecule has 19 aromatic rings. The van der Waals surface area contributed by atoms with Crippen molar-refractivity contribution in [1.82, 2.24) is 0 Å². The summed E-state index contributed by atoms with van der Waals surface area (Å²) in [5, 5.41) is 4.79. The molecule has 0 aliphatic heterocycles. The van der Waals surface area contributed by atoms with E-state index in [-0.39, 0.29) is 0 Å². The van der Waals surface area contributed by atoms with E-state index < -0.39 is 0 Å². The molecule has 8 nitrogen and oxygen atoms in total. The number of nitrogens with zero attached hydrogens (tertiary/aromatic N) is 8. The van der Waals surface area contributed by atoms with Crippen molar-refractivity contribution < 1.29 is 0 Å². The average molecular weight is 1540 g/mol. The summed E-state index contributed by atoms with van der Waals surface area (Å²) in [6, 6.07) is 174. The Hall–Kier alpha value is -15.9. The Morgan fingerprint density at radius 3 is 0.467 bits per heavy atom. The van der Waals surface area contributed by atoms with E-state index >= 15 is 0 Å². The lowest BCUT2D eigenvalue weighted by Crippen LogP contribution is -2.14. The van der Waals surface area contributed by atoms with Crippen LogP contribution in [0.1, 0.15) is 11.1 Å². The molecule has 0 radical (unpaired) electrons. The van der Waals surface area contributed by atoms with Gasteiger partial charge in [-0.3, -0.25) is 0 Å². The molecule has 0 saturated heterocycles. The summed E-state index contributed by atoms with van der Waals surface area (Å²) in [5.41, 5.74) is 27.7. The minimum atomic E-state index is 1.02. The van der Waals surface area contributed by atoms with Crippen molar-refractivity contribution in [3.8, 4) is 0 Å². The number of rotatable bonds is 24. The smallest absolute Gasteiger partial charge is 0.0540 e. The fourth-order valence-electron chi connectivity index (χ4n) is 16.6. The lowest BCUT2D eigenvalue weighted by molar-refractivity contribution is 1.23. The Morgan fingerprint density at radius 2 is 0.267 bits per heavy atom. The number of anilines is 24. The summed E-state index contributed by atoms with van der Waals surface area (Å²) in [6.45, 7) is 4.31. The molecule has 0 aromatic heterocycles. The number of hydrogen-bond acceptors (Lipinski definition) is 8. The van der Waals surface area contributed by atoms with Gasteiger partial charge in [0, 0.05) is 136 Å². The largest absolute Gasteiger partial charge is 0.311 e. The van der Waals surface area contributed by atoms with E-state index in [2.05, 4.69) is 538 Å². The van der Waals surface area contributed by atoms with Crippen molar-refractivity contribution >= 4 is 158 Å². The first-order valence-corrected chi connectivity index (χ1v) is 40.9. The summed E-state index contributed by atoms with van der Waals surface area (Å²) < 4.78 is 0. The van der Waals surface area contributed by atoms with Gasteiger partial charge in [-0.2, -0.15) is 0 Å². The minimum absolute atomic E-state index is 1.02. The number of benzene rings is 19. The highest BCUT2D eigenvalue weighted by molar-refractivity contribution is 6.01. The Kier molecular flexibility index (Phi) is 21.0. The van der Waals surface area contributed by atoms with Crippen LogP contribution in [-0.2, 0) is 0 Å². The first-order valence-electron chi connectivity index (χ1n) is 40.9. The normalized spacial score (nSPS) is 11.1. The van der Waals surface area contributed by atoms with Crippen LogP contribution in [0.4, 0.5) is 136 Å². The number of hydrogen-bond donors (Lipinski definition) is 0. The van der Waals surface area contributed by atoms with Crippen molar-refractivity contribution in [2.24, 2.45) is 0 Å². The van der Waals surface area contributed by atoms with Crippen LogP contribution < -0.4 is 39.2 Å². The predicted octanol–water partition coefficient (Wildman–Crippen LogP) is 32.4. The topological polar surface area (TPSA) is 25.9 Å². The second-order valence-corrected chi connectivity index (χ2v) is 30.0. The highest BCUT2D eigenvalue weighted by Gasteiger charge is 2.25. The van der Waals surface area contributed by atoms with E-state index in [1.54, 1.807) is 0 Å². The van der Waals surface area contributed by atoms with Crippen molar-refractivity contribution in [2.75, 3.05) is 39.2 Å². The highest BCUT2D eigenvalue weighted by Crippen LogP contribution is 2.49. The van der Waals surface area contributed by atoms with Gasteiger partial charge in [0.15, 0.2) is 0 Å². The SMILES string of the molecule is Cc1cccc(N(c2ccc(N(c3ccccc3)c3ccc(N(c4ccccc4)c4ccc(N(c5ccccc5)c5ccc(N(c6ccccc6)c6ccc(N(c7ccccc7)c7ccc(N(c8ccccc8)c8ccc(N(c9cccc(C)c9)c9cccc%10ccccc9%10)cc8)cc7)cc6)cc5)cc4)cc3)cc2)c2cccc3ccccc23)c1. The van der Waals surface area contributed by atoms with E-state index in [0.29, 0.717) is 0 Å². The van der Waals surface area contributed by atoms with Crippen LogP contribution in [0.3, 0.4) is 0 Å². The van der Waals surface area contributed by atoms with Gasteiger partial charge in [0.2, 0.25) is 0 Å².